The first-order valence-corrected chi connectivity index (χ1v) is 30.1. The van der Waals surface area contributed by atoms with Crippen LogP contribution in [0.2, 0.25) is 0 Å². The third-order valence-corrected chi connectivity index (χ3v) is 19.4. The SMILES string of the molecule is Cc1c(-c2ccc(C(=O)NCCCCCCCCCCCC(=O)Nc3ccc4c(C5CCC(=O)NC5=O)nn(C)c4c3)nc2-c2ccc(C(N)=O)c3c2CCN(c2nc4ccccc4s2)C3)cnn1CC12CC3CC(CC(C3)C1)C2. The molecule has 3 aromatic carbocycles. The van der Waals surface area contributed by atoms with Crippen LogP contribution < -0.4 is 26.6 Å². The molecular formula is C63H73N11O5S. The van der Waals surface area contributed by atoms with Crippen molar-refractivity contribution >= 4 is 72.8 Å². The number of carbonyl (C=O) groups is 5. The van der Waals surface area contributed by atoms with Crippen LogP contribution in [0.1, 0.15) is 165 Å². The summed E-state index contributed by atoms with van der Waals surface area (Å²) < 4.78 is 5.08. The summed E-state index contributed by atoms with van der Waals surface area (Å²) in [6.07, 6.45) is 21.1. The van der Waals surface area contributed by atoms with Gasteiger partial charge in [0.05, 0.1) is 39.2 Å². The Kier molecular flexibility index (Phi) is 15.1. The van der Waals surface area contributed by atoms with E-state index in [9.17, 15) is 24.0 Å². The van der Waals surface area contributed by atoms with Gasteiger partial charge in [0, 0.05) is 85.1 Å². The molecule has 1 unspecified atom stereocenters. The molecule has 17 heteroatoms. The average Bonchev–Trinajstić information content (AvgIpc) is 4.16. The Balaban J connectivity index is 0.648. The lowest BCUT2D eigenvalue weighted by Crippen LogP contribution is -2.48. The highest BCUT2D eigenvalue weighted by Crippen LogP contribution is 2.60. The van der Waals surface area contributed by atoms with E-state index in [1.807, 2.05) is 73.9 Å². The zero-order chi connectivity index (χ0) is 55.1. The van der Waals surface area contributed by atoms with Crippen LogP contribution in [0.25, 0.3) is 43.5 Å². The molecule has 16 nitrogen and oxygen atoms in total. The van der Waals surface area contributed by atoms with Crippen LogP contribution in [0, 0.1) is 30.1 Å². The van der Waals surface area contributed by atoms with Gasteiger partial charge in [-0.05, 0) is 154 Å². The van der Waals surface area contributed by atoms with Crippen LogP contribution in [-0.4, -0.2) is 72.2 Å². The second-order valence-corrected chi connectivity index (χ2v) is 24.9. The summed E-state index contributed by atoms with van der Waals surface area (Å²) in [7, 11) is 1.82. The topological polar surface area (TPSA) is 212 Å². The molecule has 6 heterocycles. The number of hydrogen-bond acceptors (Lipinski definition) is 11. The number of piperidine rings is 1. The minimum atomic E-state index is -0.476. The van der Waals surface area contributed by atoms with Crippen molar-refractivity contribution in [3.63, 3.8) is 0 Å². The molecule has 0 spiro atoms. The number of aryl methyl sites for hydroxylation is 1. The lowest BCUT2D eigenvalue weighted by molar-refractivity contribution is -0.134. The first kappa shape index (κ1) is 53.4. The number of nitrogens with one attached hydrogen (secondary N) is 3. The van der Waals surface area contributed by atoms with Gasteiger partial charge in [0.15, 0.2) is 5.13 Å². The first-order valence-electron chi connectivity index (χ1n) is 29.3. The van der Waals surface area contributed by atoms with Crippen molar-refractivity contribution in [2.24, 2.45) is 36.0 Å². The molecule has 7 aromatic rings. The Morgan fingerprint density at radius 1 is 0.812 bits per heavy atom. The number of imide groups is 1. The van der Waals surface area contributed by atoms with Crippen LogP contribution in [0.3, 0.4) is 0 Å². The number of fused-ring (bicyclic) bond motifs is 3. The number of amides is 5. The van der Waals surface area contributed by atoms with E-state index in [4.69, 9.17) is 20.8 Å². The maximum Gasteiger partial charge on any atom is 0.269 e. The molecule has 0 radical (unpaired) electrons. The molecule has 2 aliphatic heterocycles. The van der Waals surface area contributed by atoms with Gasteiger partial charge in [-0.15, -0.1) is 0 Å². The Morgan fingerprint density at radius 3 is 2.27 bits per heavy atom. The van der Waals surface area contributed by atoms with Crippen molar-refractivity contribution in [1.82, 2.24) is 40.2 Å². The van der Waals surface area contributed by atoms with E-state index >= 15 is 0 Å². The number of primary amides is 1. The van der Waals surface area contributed by atoms with E-state index in [0.717, 1.165) is 142 Å². The van der Waals surface area contributed by atoms with Crippen molar-refractivity contribution < 1.29 is 24.0 Å². The second-order valence-electron chi connectivity index (χ2n) is 23.9. The molecule has 1 saturated heterocycles. The fraction of sp³-hybridized carbons (Fsp3) is 0.476. The molecule has 6 aliphatic rings. The number of nitrogens with two attached hydrogens (primary N) is 1. The van der Waals surface area contributed by atoms with E-state index in [1.165, 1.54) is 38.5 Å². The van der Waals surface area contributed by atoms with Crippen molar-refractivity contribution in [3.05, 3.63) is 107 Å². The minimum Gasteiger partial charge on any atom is -0.366 e. The summed E-state index contributed by atoms with van der Waals surface area (Å²) in [5.74, 6) is 0.804. The molecular weight excluding hydrogens is 1020 g/mol. The number of pyridine rings is 1. The highest BCUT2D eigenvalue weighted by molar-refractivity contribution is 7.22. The number of unbranched alkanes of at least 4 members (excludes halogenated alkanes) is 8. The summed E-state index contributed by atoms with van der Waals surface area (Å²) >= 11 is 1.65. The molecule has 80 heavy (non-hydrogen) atoms. The maximum atomic E-state index is 14.0. The van der Waals surface area contributed by atoms with Crippen molar-refractivity contribution in [1.29, 1.82) is 0 Å². The molecule has 13 rings (SSSR count). The van der Waals surface area contributed by atoms with E-state index in [0.29, 0.717) is 72.6 Å². The number of hydrogen-bond donors (Lipinski definition) is 4. The van der Waals surface area contributed by atoms with Gasteiger partial charge in [-0.25, -0.2) is 9.97 Å². The van der Waals surface area contributed by atoms with E-state index < -0.39 is 11.8 Å². The van der Waals surface area contributed by atoms with Gasteiger partial charge in [0.25, 0.3) is 5.91 Å². The van der Waals surface area contributed by atoms with Crippen LogP contribution in [0.4, 0.5) is 10.8 Å². The van der Waals surface area contributed by atoms with Crippen molar-refractivity contribution in [2.45, 2.75) is 148 Å². The lowest BCUT2D eigenvalue weighted by atomic mass is 9.49. The van der Waals surface area contributed by atoms with Gasteiger partial charge in [-0.2, -0.15) is 10.2 Å². The van der Waals surface area contributed by atoms with Crippen LogP contribution >= 0.6 is 11.3 Å². The summed E-state index contributed by atoms with van der Waals surface area (Å²) in [6.45, 7) is 4.85. The van der Waals surface area contributed by atoms with Gasteiger partial charge in [0.1, 0.15) is 5.69 Å². The molecule has 4 aliphatic carbocycles. The number of benzene rings is 3. The third-order valence-electron chi connectivity index (χ3n) is 18.3. The summed E-state index contributed by atoms with van der Waals surface area (Å²) in [5, 5.41) is 20.1. The van der Waals surface area contributed by atoms with Crippen LogP contribution in [-0.2, 0) is 40.9 Å². The fourth-order valence-electron chi connectivity index (χ4n) is 14.7. The molecule has 5 amide bonds. The van der Waals surface area contributed by atoms with Crippen molar-refractivity contribution in [3.8, 4) is 22.4 Å². The molecule has 4 aromatic heterocycles. The molecule has 4 bridgehead atoms. The molecule has 416 valence electrons. The Hall–Kier alpha value is -7.27. The van der Waals surface area contributed by atoms with Crippen LogP contribution in [0.5, 0.6) is 0 Å². The van der Waals surface area contributed by atoms with Crippen molar-refractivity contribution in [2.75, 3.05) is 23.3 Å². The second kappa shape index (κ2) is 22.7. The zero-order valence-electron chi connectivity index (χ0n) is 46.2. The van der Waals surface area contributed by atoms with Gasteiger partial charge < -0.3 is 21.3 Å². The van der Waals surface area contributed by atoms with E-state index in [2.05, 4.69) is 43.6 Å². The standard InChI is InChI=1S/C63H73N11O5S/c1-38-49(35-66-74(38)37-63-32-39-28-40(33-63)30-41(29-39)34-63)45-21-23-52(68-57(45)44-19-20-46(59(64)77)50-36-73(27-25-43(44)50)62-69-51-14-11-12-15-54(51)80-62)61(79)65-26-13-9-7-5-3-4-6-8-10-16-55(75)67-42-17-18-47-53(31-42)72(2)71-58(47)48-22-24-56(76)70-60(48)78/h11-12,14-15,17-21,23,31,35,39-41,48H,3-10,13,16,22,24-30,32-34,36-37H2,1-2H3,(H2,64,77)(H,65,79)(H,67,75)(H,70,76,78). The number of rotatable bonds is 21. The maximum absolute atomic E-state index is 14.0. The number of thiazole rings is 1. The van der Waals surface area contributed by atoms with Crippen LogP contribution in [0.15, 0.2) is 72.9 Å². The number of nitrogens with zero attached hydrogens (tertiary/aromatic N) is 7. The zero-order valence-corrected chi connectivity index (χ0v) is 47.0. The normalized spacial score (nSPS) is 21.3. The highest BCUT2D eigenvalue weighted by atomic mass is 32.1. The predicted octanol–water partition coefficient (Wildman–Crippen LogP) is 11.1. The third kappa shape index (κ3) is 11.0. The van der Waals surface area contributed by atoms with E-state index in [1.54, 1.807) is 16.0 Å². The lowest BCUT2D eigenvalue weighted by Gasteiger charge is -2.56. The Morgan fingerprint density at radius 2 is 1.54 bits per heavy atom. The van der Waals surface area contributed by atoms with E-state index in [-0.39, 0.29) is 30.0 Å². The number of aromatic nitrogens is 6. The van der Waals surface area contributed by atoms with Gasteiger partial charge in [-0.3, -0.25) is 38.7 Å². The smallest absolute Gasteiger partial charge is 0.269 e. The quantitative estimate of drug-likeness (QED) is 0.0395. The summed E-state index contributed by atoms with van der Waals surface area (Å²) in [6, 6.07) is 21.5. The number of para-hydroxylation sites is 1. The summed E-state index contributed by atoms with van der Waals surface area (Å²) in [5.41, 5.74) is 16.9. The average molecular weight is 1100 g/mol. The van der Waals surface area contributed by atoms with Gasteiger partial charge in [-0.1, -0.05) is 74.5 Å². The van der Waals surface area contributed by atoms with Gasteiger partial charge in [0.2, 0.25) is 23.6 Å². The Bertz CT molecular complexity index is 3470. The number of carbonyl (C=O) groups excluding carboxylic acids is 5. The molecule has 5 fully saturated rings. The highest BCUT2D eigenvalue weighted by Gasteiger charge is 2.51. The molecule has 4 saturated carbocycles. The fourth-order valence-corrected chi connectivity index (χ4v) is 15.7. The first-order chi connectivity index (χ1) is 38.8. The largest absolute Gasteiger partial charge is 0.366 e. The minimum absolute atomic E-state index is 0.0265. The predicted molar refractivity (Wildman–Crippen MR) is 312 cm³/mol. The Labute approximate surface area is 471 Å². The monoisotopic (exact) mass is 1100 g/mol. The number of anilines is 2. The van der Waals surface area contributed by atoms with Gasteiger partial charge >= 0.3 is 0 Å². The molecule has 5 N–H and O–H groups in total. The molecule has 1 atom stereocenters. The summed E-state index contributed by atoms with van der Waals surface area (Å²) in [4.78, 5) is 76.6.